The lowest BCUT2D eigenvalue weighted by molar-refractivity contribution is -0.137. The fourth-order valence-corrected chi connectivity index (χ4v) is 4.04. The van der Waals surface area contributed by atoms with Crippen molar-refractivity contribution in [3.8, 4) is 17.2 Å². The van der Waals surface area contributed by atoms with Crippen LogP contribution in [0, 0.1) is 0 Å². The van der Waals surface area contributed by atoms with Gasteiger partial charge in [-0.25, -0.2) is 0 Å². The molecule has 7 nitrogen and oxygen atoms in total. The molecule has 2 heterocycles. The molecule has 1 fully saturated rings. The van der Waals surface area contributed by atoms with Gasteiger partial charge in [0.05, 0.1) is 19.2 Å². The highest BCUT2D eigenvalue weighted by Crippen LogP contribution is 2.38. The number of ether oxygens (including phenoxy) is 3. The van der Waals surface area contributed by atoms with Crippen molar-refractivity contribution in [2.45, 2.75) is 12.7 Å². The van der Waals surface area contributed by atoms with Crippen molar-refractivity contribution in [1.82, 2.24) is 9.80 Å². The number of piperazine rings is 1. The van der Waals surface area contributed by atoms with E-state index in [9.17, 15) is 18.0 Å². The average Bonchev–Trinajstić information content (AvgIpc) is 3.26. The number of rotatable bonds is 6. The normalized spacial score (nSPS) is 16.1. The van der Waals surface area contributed by atoms with Gasteiger partial charge in [-0.3, -0.25) is 9.69 Å². The van der Waals surface area contributed by atoms with Crippen molar-refractivity contribution in [3.05, 3.63) is 47.5 Å². The second kappa shape index (κ2) is 9.38. The molecule has 0 radical (unpaired) electrons. The molecular formula is C23H26F3N3O4. The van der Waals surface area contributed by atoms with E-state index in [1.54, 1.807) is 4.90 Å². The van der Waals surface area contributed by atoms with Crippen molar-refractivity contribution < 1.29 is 32.2 Å². The maximum absolute atomic E-state index is 13.5. The van der Waals surface area contributed by atoms with Crippen LogP contribution in [-0.4, -0.2) is 69.4 Å². The molecule has 0 bridgehead atoms. The largest absolute Gasteiger partial charge is 0.497 e. The van der Waals surface area contributed by atoms with Gasteiger partial charge in [-0.05, 0) is 35.9 Å². The van der Waals surface area contributed by atoms with Crippen molar-refractivity contribution in [2.75, 3.05) is 58.6 Å². The van der Waals surface area contributed by atoms with Crippen LogP contribution in [0.2, 0.25) is 0 Å². The summed E-state index contributed by atoms with van der Waals surface area (Å²) in [4.78, 5) is 18.1. The minimum atomic E-state index is -4.55. The van der Waals surface area contributed by atoms with E-state index in [-0.39, 0.29) is 30.7 Å². The Kier molecular flexibility index (Phi) is 6.55. The maximum atomic E-state index is 13.5. The van der Waals surface area contributed by atoms with Crippen LogP contribution in [0.15, 0.2) is 36.4 Å². The van der Waals surface area contributed by atoms with Gasteiger partial charge >= 0.3 is 6.18 Å². The van der Waals surface area contributed by atoms with Gasteiger partial charge in [0.2, 0.25) is 12.7 Å². The molecule has 0 aromatic heterocycles. The van der Waals surface area contributed by atoms with Crippen LogP contribution in [0.1, 0.15) is 11.1 Å². The molecule has 2 aliphatic heterocycles. The second-order valence-electron chi connectivity index (χ2n) is 8.08. The van der Waals surface area contributed by atoms with E-state index < -0.39 is 11.7 Å². The molecule has 10 heteroatoms. The number of likely N-dealkylation sites (N-methyl/N-ethyl adjacent to an activating group) is 1. The van der Waals surface area contributed by atoms with Gasteiger partial charge in [-0.1, -0.05) is 6.07 Å². The van der Waals surface area contributed by atoms with E-state index in [0.717, 1.165) is 29.7 Å². The lowest BCUT2D eigenvalue weighted by Gasteiger charge is -2.36. The third-order valence-electron chi connectivity index (χ3n) is 5.86. The molecule has 2 aromatic rings. The predicted octanol–water partition coefficient (Wildman–Crippen LogP) is 3.22. The first-order chi connectivity index (χ1) is 15.7. The Morgan fingerprint density at radius 1 is 1.06 bits per heavy atom. The van der Waals surface area contributed by atoms with E-state index in [4.69, 9.17) is 14.2 Å². The van der Waals surface area contributed by atoms with Crippen LogP contribution in [0.5, 0.6) is 17.2 Å². The molecule has 0 spiro atoms. The lowest BCUT2D eigenvalue weighted by Crippen LogP contribution is -2.50. The Hall–Kier alpha value is -3.14. The number of amides is 1. The van der Waals surface area contributed by atoms with Crippen molar-refractivity contribution >= 4 is 11.6 Å². The van der Waals surface area contributed by atoms with Gasteiger partial charge in [0, 0.05) is 45.5 Å². The number of nitrogens with zero attached hydrogens (tertiary/aromatic N) is 3. The summed E-state index contributed by atoms with van der Waals surface area (Å²) in [6.07, 6.45) is -4.55. The molecule has 2 aliphatic rings. The first-order valence-electron chi connectivity index (χ1n) is 10.6. The number of alkyl halides is 3. The fraction of sp³-hybridized carbons (Fsp3) is 0.435. The third kappa shape index (κ3) is 5.27. The van der Waals surface area contributed by atoms with Gasteiger partial charge < -0.3 is 24.0 Å². The minimum Gasteiger partial charge on any atom is -0.497 e. The van der Waals surface area contributed by atoms with Crippen LogP contribution in [-0.2, 0) is 17.5 Å². The van der Waals surface area contributed by atoms with E-state index in [2.05, 4.69) is 4.90 Å². The Morgan fingerprint density at radius 3 is 2.48 bits per heavy atom. The number of hydrogen-bond acceptors (Lipinski definition) is 6. The van der Waals surface area contributed by atoms with Gasteiger partial charge in [-0.2, -0.15) is 13.2 Å². The first kappa shape index (κ1) is 23.0. The highest BCUT2D eigenvalue weighted by molar-refractivity contribution is 5.82. The Morgan fingerprint density at radius 2 is 1.79 bits per heavy atom. The van der Waals surface area contributed by atoms with Crippen LogP contribution >= 0.6 is 0 Å². The monoisotopic (exact) mass is 465 g/mol. The van der Waals surface area contributed by atoms with E-state index in [1.165, 1.54) is 31.2 Å². The molecule has 2 aromatic carbocycles. The second-order valence-corrected chi connectivity index (χ2v) is 8.08. The molecule has 33 heavy (non-hydrogen) atoms. The number of carbonyl (C=O) groups excluding carboxylic acids is 1. The quantitative estimate of drug-likeness (QED) is 0.653. The number of benzene rings is 2. The van der Waals surface area contributed by atoms with E-state index >= 15 is 0 Å². The minimum absolute atomic E-state index is 0.0573. The topological polar surface area (TPSA) is 54.5 Å². The molecule has 4 rings (SSSR count). The fourth-order valence-electron chi connectivity index (χ4n) is 4.04. The van der Waals surface area contributed by atoms with Gasteiger partial charge in [0.15, 0.2) is 11.5 Å². The zero-order valence-corrected chi connectivity index (χ0v) is 18.5. The van der Waals surface area contributed by atoms with Crippen LogP contribution < -0.4 is 19.1 Å². The summed E-state index contributed by atoms with van der Waals surface area (Å²) >= 11 is 0. The summed E-state index contributed by atoms with van der Waals surface area (Å²) < 4.78 is 56.2. The number of anilines is 1. The standard InChI is InChI=1S/C23H26F3N3O4/c1-27(19-5-4-17(31-2)12-18(19)23(24,25)26)14-22(30)29-9-7-28(8-10-29)13-16-3-6-20-21(11-16)33-15-32-20/h3-6,11-12H,7-10,13-15H2,1-2H3. The summed E-state index contributed by atoms with van der Waals surface area (Å²) in [6, 6.07) is 9.58. The number of carbonyl (C=O) groups is 1. The SMILES string of the molecule is COc1ccc(N(C)CC(=O)N2CCN(Cc3ccc4c(c3)OCO4)CC2)c(C(F)(F)F)c1. The third-order valence-corrected chi connectivity index (χ3v) is 5.86. The molecule has 1 saturated heterocycles. The Balaban J connectivity index is 1.33. The summed E-state index contributed by atoms with van der Waals surface area (Å²) in [6.45, 7) is 3.21. The van der Waals surface area contributed by atoms with Crippen LogP contribution in [0.3, 0.4) is 0 Å². The molecule has 0 N–H and O–H groups in total. The smallest absolute Gasteiger partial charge is 0.418 e. The van der Waals surface area contributed by atoms with Crippen molar-refractivity contribution in [2.24, 2.45) is 0 Å². The number of halogens is 3. The Bertz CT molecular complexity index is 1010. The van der Waals surface area contributed by atoms with Crippen LogP contribution in [0.25, 0.3) is 0 Å². The predicted molar refractivity (Wildman–Crippen MR) is 116 cm³/mol. The van der Waals surface area contributed by atoms with Crippen molar-refractivity contribution in [1.29, 1.82) is 0 Å². The molecule has 0 saturated carbocycles. The highest BCUT2D eigenvalue weighted by Gasteiger charge is 2.35. The summed E-state index contributed by atoms with van der Waals surface area (Å²) in [5, 5.41) is 0. The van der Waals surface area contributed by atoms with Gasteiger partial charge in [-0.15, -0.1) is 0 Å². The molecule has 1 amide bonds. The number of hydrogen-bond donors (Lipinski definition) is 0. The average molecular weight is 465 g/mol. The summed E-state index contributed by atoms with van der Waals surface area (Å²) in [5.74, 6) is 1.39. The summed E-state index contributed by atoms with van der Waals surface area (Å²) in [7, 11) is 2.80. The highest BCUT2D eigenvalue weighted by atomic mass is 19.4. The first-order valence-corrected chi connectivity index (χ1v) is 10.6. The zero-order chi connectivity index (χ0) is 23.6. The zero-order valence-electron chi connectivity index (χ0n) is 18.5. The Labute approximate surface area is 190 Å². The van der Waals surface area contributed by atoms with E-state index in [1.807, 2.05) is 18.2 Å². The maximum Gasteiger partial charge on any atom is 0.418 e. The number of fused-ring (bicyclic) bond motifs is 1. The molecule has 178 valence electrons. The van der Waals surface area contributed by atoms with Gasteiger partial charge in [0.25, 0.3) is 0 Å². The molecule has 0 aliphatic carbocycles. The van der Waals surface area contributed by atoms with Crippen LogP contribution in [0.4, 0.5) is 18.9 Å². The summed E-state index contributed by atoms with van der Waals surface area (Å²) in [5.41, 5.74) is 0.210. The molecule has 0 atom stereocenters. The van der Waals surface area contributed by atoms with Gasteiger partial charge in [0.1, 0.15) is 5.75 Å². The van der Waals surface area contributed by atoms with Crippen molar-refractivity contribution in [3.63, 3.8) is 0 Å². The lowest BCUT2D eigenvalue weighted by atomic mass is 10.1. The molecule has 0 unspecified atom stereocenters. The molecular weight excluding hydrogens is 439 g/mol. The van der Waals surface area contributed by atoms with E-state index in [0.29, 0.717) is 26.2 Å². The number of methoxy groups -OCH3 is 1.